The van der Waals surface area contributed by atoms with E-state index in [4.69, 9.17) is 4.52 Å². The lowest BCUT2D eigenvalue weighted by Gasteiger charge is -2.25. The quantitative estimate of drug-likeness (QED) is 0.456. The van der Waals surface area contributed by atoms with Crippen LogP contribution in [0.4, 0.5) is 5.69 Å². The maximum absolute atomic E-state index is 12.5. The topological polar surface area (TPSA) is 102 Å². The molecule has 0 unspecified atom stereocenters. The summed E-state index contributed by atoms with van der Waals surface area (Å²) in [5.41, 5.74) is 1.55. The molecule has 8 heteroatoms. The predicted octanol–water partition coefficient (Wildman–Crippen LogP) is 3.80. The third kappa shape index (κ3) is 4.40. The third-order valence-electron chi connectivity index (χ3n) is 4.59. The van der Waals surface area contributed by atoms with Crippen LogP contribution >= 0.6 is 0 Å². The molecule has 1 aromatic heterocycles. The first-order valence-electron chi connectivity index (χ1n) is 8.83. The molecule has 3 rings (SSSR count). The second-order valence-electron chi connectivity index (χ2n) is 6.41. The Labute approximate surface area is 161 Å². The normalized spacial score (nSPS) is 11.8. The van der Waals surface area contributed by atoms with E-state index in [0.29, 0.717) is 23.7 Å². The van der Waals surface area contributed by atoms with Crippen molar-refractivity contribution in [1.82, 2.24) is 15.0 Å². The first-order chi connectivity index (χ1) is 13.5. The fourth-order valence-electron chi connectivity index (χ4n) is 2.79. The van der Waals surface area contributed by atoms with Crippen molar-refractivity contribution in [2.45, 2.75) is 25.8 Å². The van der Waals surface area contributed by atoms with Crippen molar-refractivity contribution in [1.29, 1.82) is 0 Å². The van der Waals surface area contributed by atoms with Crippen LogP contribution in [0.3, 0.4) is 0 Å². The van der Waals surface area contributed by atoms with Gasteiger partial charge in [-0.3, -0.25) is 14.9 Å². The van der Waals surface area contributed by atoms with Crippen LogP contribution in [0.15, 0.2) is 59.1 Å². The van der Waals surface area contributed by atoms with E-state index in [9.17, 15) is 14.9 Å². The number of nitro groups is 1. The van der Waals surface area contributed by atoms with Crippen molar-refractivity contribution in [3.8, 4) is 11.4 Å². The van der Waals surface area contributed by atoms with Crippen LogP contribution in [-0.4, -0.2) is 32.9 Å². The molecule has 28 heavy (non-hydrogen) atoms. The minimum absolute atomic E-state index is 0.00417. The van der Waals surface area contributed by atoms with E-state index >= 15 is 0 Å². The maximum atomic E-state index is 12.5. The van der Waals surface area contributed by atoms with Gasteiger partial charge in [0.1, 0.15) is 0 Å². The number of benzene rings is 2. The molecule has 1 amide bonds. The van der Waals surface area contributed by atoms with E-state index in [1.807, 2.05) is 37.3 Å². The number of rotatable bonds is 7. The van der Waals surface area contributed by atoms with Gasteiger partial charge in [0.15, 0.2) is 0 Å². The molecule has 0 radical (unpaired) electrons. The van der Waals surface area contributed by atoms with Crippen molar-refractivity contribution in [2.75, 3.05) is 7.05 Å². The van der Waals surface area contributed by atoms with E-state index in [0.717, 1.165) is 5.56 Å². The van der Waals surface area contributed by atoms with Crippen LogP contribution < -0.4 is 0 Å². The second-order valence-corrected chi connectivity index (χ2v) is 6.41. The lowest BCUT2D eigenvalue weighted by Crippen LogP contribution is -2.29. The lowest BCUT2D eigenvalue weighted by atomic mass is 10.1. The van der Waals surface area contributed by atoms with Gasteiger partial charge in [-0.05, 0) is 12.5 Å². The van der Waals surface area contributed by atoms with Gasteiger partial charge in [-0.1, -0.05) is 47.6 Å². The molecule has 1 atom stereocenters. The Morgan fingerprint density at radius 2 is 1.96 bits per heavy atom. The highest BCUT2D eigenvalue weighted by Crippen LogP contribution is 2.24. The number of aryl methyl sites for hydroxylation is 1. The predicted molar refractivity (Wildman–Crippen MR) is 102 cm³/mol. The van der Waals surface area contributed by atoms with Gasteiger partial charge in [-0.15, -0.1) is 0 Å². The Kier molecular flexibility index (Phi) is 5.78. The van der Waals surface area contributed by atoms with Crippen molar-refractivity contribution in [2.24, 2.45) is 0 Å². The molecule has 0 fully saturated rings. The molecule has 0 aliphatic carbocycles. The number of carbonyl (C=O) groups excluding carboxylic acids is 1. The lowest BCUT2D eigenvalue weighted by molar-refractivity contribution is -0.384. The van der Waals surface area contributed by atoms with Crippen molar-refractivity contribution in [3.05, 3.63) is 76.2 Å². The number of amides is 1. The highest BCUT2D eigenvalue weighted by Gasteiger charge is 2.20. The average molecular weight is 380 g/mol. The molecule has 0 saturated carbocycles. The Hall–Kier alpha value is -3.55. The number of hydrogen-bond acceptors (Lipinski definition) is 6. The molecule has 1 heterocycles. The second kappa shape index (κ2) is 8.43. The summed E-state index contributed by atoms with van der Waals surface area (Å²) >= 11 is 0. The Morgan fingerprint density at radius 3 is 2.68 bits per heavy atom. The van der Waals surface area contributed by atoms with Gasteiger partial charge in [0.05, 0.1) is 11.0 Å². The fourth-order valence-corrected chi connectivity index (χ4v) is 2.79. The molecule has 2 aromatic carbocycles. The van der Waals surface area contributed by atoms with Crippen LogP contribution in [0.25, 0.3) is 11.4 Å². The first-order valence-corrected chi connectivity index (χ1v) is 8.83. The van der Waals surface area contributed by atoms with Crippen LogP contribution in [-0.2, 0) is 11.2 Å². The summed E-state index contributed by atoms with van der Waals surface area (Å²) in [6.07, 6.45) is 0.525. The van der Waals surface area contributed by atoms with Gasteiger partial charge < -0.3 is 9.42 Å². The summed E-state index contributed by atoms with van der Waals surface area (Å²) < 4.78 is 5.23. The minimum Gasteiger partial charge on any atom is -0.339 e. The van der Waals surface area contributed by atoms with Crippen LogP contribution in [0.2, 0.25) is 0 Å². The summed E-state index contributed by atoms with van der Waals surface area (Å²) in [6.45, 7) is 1.83. The van der Waals surface area contributed by atoms with Crippen molar-refractivity contribution in [3.63, 3.8) is 0 Å². The third-order valence-corrected chi connectivity index (χ3v) is 4.59. The molecule has 0 N–H and O–H groups in total. The zero-order chi connectivity index (χ0) is 20.1. The summed E-state index contributed by atoms with van der Waals surface area (Å²) in [7, 11) is 1.68. The molecular weight excluding hydrogens is 360 g/mol. The number of non-ortho nitro benzene ring substituents is 1. The molecule has 0 aliphatic rings. The number of hydrogen-bond donors (Lipinski definition) is 0. The van der Waals surface area contributed by atoms with E-state index in [1.54, 1.807) is 24.1 Å². The van der Waals surface area contributed by atoms with E-state index < -0.39 is 4.92 Å². The fraction of sp³-hybridized carbons (Fsp3) is 0.250. The summed E-state index contributed by atoms with van der Waals surface area (Å²) in [4.78, 5) is 28.9. The molecule has 144 valence electrons. The molecular formula is C20H20N4O4. The van der Waals surface area contributed by atoms with Gasteiger partial charge in [-0.2, -0.15) is 4.98 Å². The number of carbonyl (C=O) groups is 1. The molecule has 0 saturated heterocycles. The van der Waals surface area contributed by atoms with Crippen molar-refractivity contribution >= 4 is 11.6 Å². The van der Waals surface area contributed by atoms with Gasteiger partial charge in [0.2, 0.25) is 17.6 Å². The van der Waals surface area contributed by atoms with E-state index in [-0.39, 0.29) is 24.1 Å². The standard InChI is InChI=1S/C20H20N4O4/c1-14(16-9-6-10-17(13-16)24(26)27)23(2)19(25)12-11-18-21-20(22-28-18)15-7-4-3-5-8-15/h3-10,13-14H,11-12H2,1-2H3/t14-/m1/s1. The van der Waals surface area contributed by atoms with Crippen LogP contribution in [0, 0.1) is 10.1 Å². The van der Waals surface area contributed by atoms with Gasteiger partial charge in [0, 0.05) is 37.6 Å². The smallest absolute Gasteiger partial charge is 0.269 e. The summed E-state index contributed by atoms with van der Waals surface area (Å²) in [6, 6.07) is 15.5. The largest absolute Gasteiger partial charge is 0.339 e. The number of aromatic nitrogens is 2. The number of nitrogens with zero attached hydrogens (tertiary/aromatic N) is 4. The number of nitro benzene ring substituents is 1. The molecule has 0 aliphatic heterocycles. The van der Waals surface area contributed by atoms with E-state index in [2.05, 4.69) is 10.1 Å². The molecule has 0 bridgehead atoms. The highest BCUT2D eigenvalue weighted by atomic mass is 16.6. The van der Waals surface area contributed by atoms with Crippen LogP contribution in [0.1, 0.15) is 30.8 Å². The molecule has 8 nitrogen and oxygen atoms in total. The monoisotopic (exact) mass is 380 g/mol. The van der Waals surface area contributed by atoms with Gasteiger partial charge >= 0.3 is 0 Å². The Balaban J connectivity index is 1.61. The van der Waals surface area contributed by atoms with Crippen molar-refractivity contribution < 1.29 is 14.2 Å². The maximum Gasteiger partial charge on any atom is 0.269 e. The summed E-state index contributed by atoms with van der Waals surface area (Å²) in [5.74, 6) is 0.767. The van der Waals surface area contributed by atoms with Gasteiger partial charge in [0.25, 0.3) is 5.69 Å². The van der Waals surface area contributed by atoms with Gasteiger partial charge in [-0.25, -0.2) is 0 Å². The Morgan fingerprint density at radius 1 is 1.21 bits per heavy atom. The molecule has 0 spiro atoms. The van der Waals surface area contributed by atoms with E-state index in [1.165, 1.54) is 12.1 Å². The Bertz CT molecular complexity index is 971. The highest BCUT2D eigenvalue weighted by molar-refractivity contribution is 5.76. The average Bonchev–Trinajstić information content (AvgIpc) is 3.20. The minimum atomic E-state index is -0.446. The SMILES string of the molecule is C[C@H](c1cccc([N+](=O)[O-])c1)N(C)C(=O)CCc1nc(-c2ccccc2)no1. The summed E-state index contributed by atoms with van der Waals surface area (Å²) in [5, 5.41) is 14.9. The zero-order valence-electron chi connectivity index (χ0n) is 15.6. The van der Waals surface area contributed by atoms with Crippen LogP contribution in [0.5, 0.6) is 0 Å². The zero-order valence-corrected chi connectivity index (χ0v) is 15.6. The first kappa shape index (κ1) is 19.2. The molecule has 3 aromatic rings.